The van der Waals surface area contributed by atoms with E-state index in [2.05, 4.69) is 0 Å². The molecule has 1 aliphatic carbocycles. The Morgan fingerprint density at radius 3 is 2.37 bits per heavy atom. The van der Waals surface area contributed by atoms with Crippen molar-refractivity contribution in [2.45, 2.75) is 51.1 Å². The molecular formula is C12H19BN2O4. The van der Waals surface area contributed by atoms with Crippen LogP contribution in [0.2, 0.25) is 5.82 Å². The maximum Gasteiger partial charge on any atom is 0.465 e. The van der Waals surface area contributed by atoms with E-state index >= 15 is 0 Å². The van der Waals surface area contributed by atoms with Crippen LogP contribution in [0.4, 0.5) is 0 Å². The molecular weight excluding hydrogens is 247 g/mol. The quantitative estimate of drug-likeness (QED) is 0.468. The largest absolute Gasteiger partial charge is 0.465 e. The highest BCUT2D eigenvalue weighted by molar-refractivity contribution is 6.48. The van der Waals surface area contributed by atoms with Gasteiger partial charge in [0.2, 0.25) is 0 Å². The molecule has 0 aromatic carbocycles. The third kappa shape index (κ3) is 2.40. The van der Waals surface area contributed by atoms with Crippen molar-refractivity contribution < 1.29 is 14.2 Å². The number of allylic oxidation sites excluding steroid dienone is 3. The summed E-state index contributed by atoms with van der Waals surface area (Å²) in [6, 6.07) is 0. The zero-order chi connectivity index (χ0) is 14.4. The van der Waals surface area contributed by atoms with E-state index in [1.165, 1.54) is 0 Å². The van der Waals surface area contributed by atoms with E-state index in [0.29, 0.717) is 0 Å². The SMILES string of the molecule is CC1(C)OB(C2C=CC(N)=C([N+](=O)[O-])C2)OC1(C)C. The molecule has 1 fully saturated rings. The van der Waals surface area contributed by atoms with Crippen LogP contribution >= 0.6 is 0 Å². The molecule has 7 heteroatoms. The Labute approximate surface area is 112 Å². The van der Waals surface area contributed by atoms with Crippen LogP contribution in [0.15, 0.2) is 23.5 Å². The van der Waals surface area contributed by atoms with Crippen LogP contribution in [0.1, 0.15) is 34.1 Å². The summed E-state index contributed by atoms with van der Waals surface area (Å²) in [5, 5.41) is 10.9. The molecule has 1 unspecified atom stereocenters. The van der Waals surface area contributed by atoms with Crippen molar-refractivity contribution in [3.63, 3.8) is 0 Å². The molecule has 1 saturated heterocycles. The van der Waals surface area contributed by atoms with Crippen molar-refractivity contribution in [2.24, 2.45) is 5.73 Å². The van der Waals surface area contributed by atoms with Crippen LogP contribution < -0.4 is 5.73 Å². The minimum Gasteiger partial charge on any atom is -0.403 e. The van der Waals surface area contributed by atoms with Crippen molar-refractivity contribution in [1.82, 2.24) is 0 Å². The Bertz CT molecular complexity index is 454. The van der Waals surface area contributed by atoms with Gasteiger partial charge in [0.1, 0.15) is 5.70 Å². The molecule has 2 rings (SSSR count). The third-order valence-corrected chi connectivity index (χ3v) is 4.13. The minimum atomic E-state index is -0.482. The van der Waals surface area contributed by atoms with E-state index in [-0.39, 0.29) is 23.6 Å². The molecule has 1 atom stereocenters. The minimum absolute atomic E-state index is 0.0298. The topological polar surface area (TPSA) is 87.6 Å². The predicted octanol–water partition coefficient (Wildman–Crippen LogP) is 1.86. The second-order valence-electron chi connectivity index (χ2n) is 6.01. The van der Waals surface area contributed by atoms with Crippen molar-refractivity contribution >= 4 is 7.12 Å². The summed E-state index contributed by atoms with van der Waals surface area (Å²) in [6.45, 7) is 7.83. The molecule has 0 radical (unpaired) electrons. The van der Waals surface area contributed by atoms with Gasteiger partial charge in [-0.3, -0.25) is 10.1 Å². The van der Waals surface area contributed by atoms with Gasteiger partial charge in [0.15, 0.2) is 0 Å². The molecule has 104 valence electrons. The number of nitrogens with zero attached hydrogens (tertiary/aromatic N) is 1. The smallest absolute Gasteiger partial charge is 0.403 e. The predicted molar refractivity (Wildman–Crippen MR) is 71.8 cm³/mol. The maximum absolute atomic E-state index is 10.9. The number of rotatable bonds is 2. The lowest BCUT2D eigenvalue weighted by Crippen LogP contribution is -2.41. The number of nitrogens with two attached hydrogens (primary N) is 1. The van der Waals surface area contributed by atoms with E-state index in [4.69, 9.17) is 15.0 Å². The summed E-state index contributed by atoms with van der Waals surface area (Å²) < 4.78 is 11.8. The van der Waals surface area contributed by atoms with E-state index in [9.17, 15) is 10.1 Å². The van der Waals surface area contributed by atoms with Crippen LogP contribution in [0.25, 0.3) is 0 Å². The molecule has 0 spiro atoms. The maximum atomic E-state index is 10.9. The number of nitro groups is 1. The highest BCUT2D eigenvalue weighted by atomic mass is 16.7. The zero-order valence-corrected chi connectivity index (χ0v) is 11.7. The van der Waals surface area contributed by atoms with Gasteiger partial charge in [-0.2, -0.15) is 0 Å². The Morgan fingerprint density at radius 2 is 1.89 bits per heavy atom. The molecule has 0 aromatic rings. The van der Waals surface area contributed by atoms with E-state index in [0.717, 1.165) is 0 Å². The van der Waals surface area contributed by atoms with Gasteiger partial charge in [0.25, 0.3) is 5.70 Å². The molecule has 0 aromatic heterocycles. The first-order valence-electron chi connectivity index (χ1n) is 6.31. The highest BCUT2D eigenvalue weighted by Gasteiger charge is 2.54. The van der Waals surface area contributed by atoms with Crippen molar-refractivity contribution in [2.75, 3.05) is 0 Å². The van der Waals surface area contributed by atoms with Gasteiger partial charge in [-0.05, 0) is 33.8 Å². The Morgan fingerprint density at radius 1 is 1.37 bits per heavy atom. The Balaban J connectivity index is 2.16. The van der Waals surface area contributed by atoms with Crippen LogP contribution in [0.5, 0.6) is 0 Å². The fourth-order valence-electron chi connectivity index (χ4n) is 2.16. The number of hydrogen-bond donors (Lipinski definition) is 1. The second kappa shape index (κ2) is 4.35. The normalized spacial score (nSPS) is 28.8. The first kappa shape index (κ1) is 14.1. The first-order chi connectivity index (χ1) is 8.64. The van der Waals surface area contributed by atoms with Gasteiger partial charge in [-0.1, -0.05) is 6.08 Å². The summed E-state index contributed by atoms with van der Waals surface area (Å²) in [5.41, 5.74) is 4.98. The van der Waals surface area contributed by atoms with E-state index < -0.39 is 23.2 Å². The van der Waals surface area contributed by atoms with Gasteiger partial charge in [-0.25, -0.2) is 0 Å². The van der Waals surface area contributed by atoms with Gasteiger partial charge >= 0.3 is 7.12 Å². The van der Waals surface area contributed by atoms with Crippen molar-refractivity contribution in [1.29, 1.82) is 0 Å². The molecule has 1 heterocycles. The average Bonchev–Trinajstić information content (AvgIpc) is 2.48. The van der Waals surface area contributed by atoms with Gasteiger partial charge in [-0.15, -0.1) is 0 Å². The molecule has 0 bridgehead atoms. The third-order valence-electron chi connectivity index (χ3n) is 4.13. The van der Waals surface area contributed by atoms with Crippen molar-refractivity contribution in [3.8, 4) is 0 Å². The molecule has 0 saturated carbocycles. The fourth-order valence-corrected chi connectivity index (χ4v) is 2.16. The van der Waals surface area contributed by atoms with Crippen molar-refractivity contribution in [3.05, 3.63) is 33.7 Å². The number of hydrogen-bond acceptors (Lipinski definition) is 5. The zero-order valence-electron chi connectivity index (χ0n) is 11.7. The first-order valence-corrected chi connectivity index (χ1v) is 6.31. The van der Waals surface area contributed by atoms with E-state index in [1.807, 2.05) is 33.8 Å². The average molecular weight is 266 g/mol. The Hall–Kier alpha value is -1.34. The lowest BCUT2D eigenvalue weighted by atomic mass is 9.67. The summed E-state index contributed by atoms with van der Waals surface area (Å²) in [6.07, 6.45) is 3.62. The Kier molecular flexibility index (Phi) is 3.22. The summed E-state index contributed by atoms with van der Waals surface area (Å²) in [7, 11) is -0.482. The molecule has 1 aliphatic heterocycles. The highest BCUT2D eigenvalue weighted by Crippen LogP contribution is 2.42. The molecule has 2 N–H and O–H groups in total. The van der Waals surface area contributed by atoms with Crippen LogP contribution in [-0.2, 0) is 9.31 Å². The summed E-state index contributed by atoms with van der Waals surface area (Å²) in [4.78, 5) is 10.5. The lowest BCUT2D eigenvalue weighted by Gasteiger charge is -2.32. The van der Waals surface area contributed by atoms with Gasteiger partial charge < -0.3 is 15.0 Å². The molecule has 2 aliphatic rings. The second-order valence-corrected chi connectivity index (χ2v) is 6.01. The molecule has 0 amide bonds. The van der Waals surface area contributed by atoms with Crippen LogP contribution in [0, 0.1) is 10.1 Å². The molecule has 6 nitrogen and oxygen atoms in total. The van der Waals surface area contributed by atoms with Crippen LogP contribution in [0.3, 0.4) is 0 Å². The summed E-state index contributed by atoms with van der Waals surface area (Å²) >= 11 is 0. The van der Waals surface area contributed by atoms with E-state index in [1.54, 1.807) is 6.08 Å². The lowest BCUT2D eigenvalue weighted by molar-refractivity contribution is -0.429. The van der Waals surface area contributed by atoms with Crippen LogP contribution in [-0.4, -0.2) is 23.2 Å². The molecule has 19 heavy (non-hydrogen) atoms. The standard InChI is InChI=1S/C12H19BN2O4/c1-11(2)12(3,4)19-13(18-11)8-5-6-9(14)10(7-8)15(16)17/h5-6,8H,7,14H2,1-4H3. The monoisotopic (exact) mass is 266 g/mol. The fraction of sp³-hybridized carbons (Fsp3) is 0.667. The van der Waals surface area contributed by atoms with Gasteiger partial charge in [0, 0.05) is 12.2 Å². The summed E-state index contributed by atoms with van der Waals surface area (Å²) in [5.74, 6) is -0.186. The van der Waals surface area contributed by atoms with Gasteiger partial charge in [0.05, 0.1) is 16.1 Å².